The SMILES string of the molecule is NCc1[nH]ccc2ccc3ncnc3c12. The van der Waals surface area contributed by atoms with Crippen LogP contribution < -0.4 is 5.73 Å². The van der Waals surface area contributed by atoms with Crippen LogP contribution in [-0.4, -0.2) is 15.0 Å². The zero-order valence-electron chi connectivity index (χ0n) is 8.07. The molecular weight excluding hydrogens is 188 g/mol. The minimum absolute atomic E-state index is 0.476. The van der Waals surface area contributed by atoms with E-state index in [0.29, 0.717) is 6.54 Å². The number of H-pyrrole nitrogens is 1. The van der Waals surface area contributed by atoms with E-state index in [9.17, 15) is 0 Å². The predicted octanol–water partition coefficient (Wildman–Crippen LogP) is 1.57. The number of nitrogens with zero attached hydrogens (tertiary/aromatic N) is 2. The van der Waals surface area contributed by atoms with E-state index in [2.05, 4.69) is 15.0 Å². The third-order valence-electron chi connectivity index (χ3n) is 2.60. The Bertz CT molecular complexity index is 627. The number of hydrogen-bond acceptors (Lipinski definition) is 3. The van der Waals surface area contributed by atoms with Crippen LogP contribution in [0, 0.1) is 0 Å². The first-order valence-electron chi connectivity index (χ1n) is 4.80. The van der Waals surface area contributed by atoms with Gasteiger partial charge in [0.05, 0.1) is 5.52 Å². The van der Waals surface area contributed by atoms with Crippen molar-refractivity contribution in [2.75, 3.05) is 0 Å². The number of aromatic nitrogens is 3. The lowest BCUT2D eigenvalue weighted by molar-refractivity contribution is 1.01. The van der Waals surface area contributed by atoms with Crippen LogP contribution in [-0.2, 0) is 6.54 Å². The lowest BCUT2D eigenvalue weighted by Gasteiger charge is -2.04. The first-order valence-corrected chi connectivity index (χ1v) is 4.80. The van der Waals surface area contributed by atoms with Crippen LogP contribution in [0.2, 0.25) is 0 Å². The van der Waals surface area contributed by atoms with Crippen molar-refractivity contribution in [3.05, 3.63) is 36.4 Å². The van der Waals surface area contributed by atoms with E-state index in [0.717, 1.165) is 27.5 Å². The van der Waals surface area contributed by atoms with Crippen molar-refractivity contribution in [1.82, 2.24) is 15.0 Å². The van der Waals surface area contributed by atoms with Crippen molar-refractivity contribution in [3.63, 3.8) is 0 Å². The van der Waals surface area contributed by atoms with Crippen LogP contribution >= 0.6 is 0 Å². The Balaban J connectivity index is 2.58. The molecule has 0 radical (unpaired) electrons. The molecule has 4 nitrogen and oxygen atoms in total. The van der Waals surface area contributed by atoms with Crippen molar-refractivity contribution >= 4 is 21.8 Å². The Morgan fingerprint density at radius 3 is 3.00 bits per heavy atom. The number of nitrogens with one attached hydrogen (secondary N) is 1. The Labute approximate surface area is 86.1 Å². The van der Waals surface area contributed by atoms with Gasteiger partial charge in [0.15, 0.2) is 0 Å². The van der Waals surface area contributed by atoms with Gasteiger partial charge in [0, 0.05) is 23.8 Å². The summed E-state index contributed by atoms with van der Waals surface area (Å²) >= 11 is 0. The van der Waals surface area contributed by atoms with Crippen molar-refractivity contribution in [2.45, 2.75) is 6.54 Å². The average molecular weight is 198 g/mol. The summed E-state index contributed by atoms with van der Waals surface area (Å²) in [7, 11) is 0. The summed E-state index contributed by atoms with van der Waals surface area (Å²) in [5.74, 6) is 0. The fourth-order valence-electron chi connectivity index (χ4n) is 1.90. The molecule has 3 N–H and O–H groups in total. The Morgan fingerprint density at radius 2 is 2.13 bits per heavy atom. The summed E-state index contributed by atoms with van der Waals surface area (Å²) in [6.07, 6.45) is 3.48. The van der Waals surface area contributed by atoms with Gasteiger partial charge in [-0.15, -0.1) is 0 Å². The Kier molecular flexibility index (Phi) is 1.69. The summed E-state index contributed by atoms with van der Waals surface area (Å²) in [6, 6.07) is 6.03. The molecule has 4 heteroatoms. The zero-order valence-corrected chi connectivity index (χ0v) is 8.07. The zero-order chi connectivity index (χ0) is 10.3. The lowest BCUT2D eigenvalue weighted by atomic mass is 10.1. The van der Waals surface area contributed by atoms with Gasteiger partial charge in [0.25, 0.3) is 0 Å². The molecule has 74 valence electrons. The van der Waals surface area contributed by atoms with Gasteiger partial charge in [-0.2, -0.15) is 0 Å². The van der Waals surface area contributed by atoms with Crippen molar-refractivity contribution in [3.8, 4) is 0 Å². The van der Waals surface area contributed by atoms with Gasteiger partial charge in [-0.05, 0) is 17.5 Å². The summed E-state index contributed by atoms with van der Waals surface area (Å²) in [4.78, 5) is 11.6. The van der Waals surface area contributed by atoms with E-state index in [4.69, 9.17) is 5.73 Å². The third kappa shape index (κ3) is 1.12. The van der Waals surface area contributed by atoms with Crippen LogP contribution in [0.1, 0.15) is 5.69 Å². The molecule has 0 bridgehead atoms. The van der Waals surface area contributed by atoms with E-state index in [1.54, 1.807) is 6.33 Å². The van der Waals surface area contributed by atoms with Gasteiger partial charge in [-0.1, -0.05) is 6.07 Å². The second-order valence-corrected chi connectivity index (χ2v) is 3.43. The van der Waals surface area contributed by atoms with E-state index in [1.165, 1.54) is 0 Å². The molecule has 0 saturated heterocycles. The van der Waals surface area contributed by atoms with Gasteiger partial charge >= 0.3 is 0 Å². The molecule has 0 atom stereocenters. The summed E-state index contributed by atoms with van der Waals surface area (Å²) < 4.78 is 0. The fourth-order valence-corrected chi connectivity index (χ4v) is 1.90. The van der Waals surface area contributed by atoms with Gasteiger partial charge in [-0.25, -0.2) is 9.97 Å². The largest absolute Gasteiger partial charge is 0.363 e. The third-order valence-corrected chi connectivity index (χ3v) is 2.60. The minimum Gasteiger partial charge on any atom is -0.363 e. The first kappa shape index (κ1) is 8.38. The first-order chi connectivity index (χ1) is 7.40. The molecule has 2 aromatic heterocycles. The number of fused-ring (bicyclic) bond motifs is 3. The molecular formula is C11H10N4. The van der Waals surface area contributed by atoms with Crippen molar-refractivity contribution in [1.29, 1.82) is 0 Å². The fraction of sp³-hybridized carbons (Fsp3) is 0.0909. The maximum atomic E-state index is 5.70. The second-order valence-electron chi connectivity index (χ2n) is 3.43. The lowest BCUT2D eigenvalue weighted by Crippen LogP contribution is -2.00. The highest BCUT2D eigenvalue weighted by Gasteiger charge is 2.06. The van der Waals surface area contributed by atoms with E-state index in [1.807, 2.05) is 24.4 Å². The Hall–Kier alpha value is -1.94. The van der Waals surface area contributed by atoms with E-state index in [-0.39, 0.29) is 0 Å². The molecule has 1 aromatic carbocycles. The molecule has 0 aliphatic rings. The second kappa shape index (κ2) is 3.03. The highest BCUT2D eigenvalue weighted by molar-refractivity contribution is 6.05. The van der Waals surface area contributed by atoms with Gasteiger partial charge in [-0.3, -0.25) is 0 Å². The van der Waals surface area contributed by atoms with Crippen LogP contribution in [0.3, 0.4) is 0 Å². The average Bonchev–Trinajstić information content (AvgIpc) is 2.76. The van der Waals surface area contributed by atoms with Gasteiger partial charge in [0.1, 0.15) is 11.8 Å². The standard InChI is InChI=1S/C11H10N4/c12-5-9-10-7(3-4-13-9)1-2-8-11(10)15-6-14-8/h1-4,6,13H,5,12H2. The Morgan fingerprint density at radius 1 is 1.20 bits per heavy atom. The van der Waals surface area contributed by atoms with Crippen LogP contribution in [0.5, 0.6) is 0 Å². The quantitative estimate of drug-likeness (QED) is 0.623. The number of benzene rings is 1. The van der Waals surface area contributed by atoms with Gasteiger partial charge in [0.2, 0.25) is 0 Å². The monoisotopic (exact) mass is 198 g/mol. The number of aromatic amines is 1. The van der Waals surface area contributed by atoms with Crippen LogP contribution in [0.4, 0.5) is 0 Å². The molecule has 2 heterocycles. The highest BCUT2D eigenvalue weighted by Crippen LogP contribution is 2.24. The number of rotatable bonds is 1. The summed E-state index contributed by atoms with van der Waals surface area (Å²) in [6.45, 7) is 0.476. The molecule has 0 aliphatic carbocycles. The maximum Gasteiger partial charge on any atom is 0.116 e. The number of imidazole rings is 1. The van der Waals surface area contributed by atoms with Crippen molar-refractivity contribution < 1.29 is 0 Å². The summed E-state index contributed by atoms with van der Waals surface area (Å²) in [5.41, 5.74) is 8.53. The number of pyridine rings is 1. The molecule has 0 spiro atoms. The topological polar surface area (TPSA) is 67.6 Å². The smallest absolute Gasteiger partial charge is 0.116 e. The predicted molar refractivity (Wildman–Crippen MR) is 59.3 cm³/mol. The highest BCUT2D eigenvalue weighted by atomic mass is 14.9. The van der Waals surface area contributed by atoms with Crippen LogP contribution in [0.25, 0.3) is 21.8 Å². The molecule has 0 saturated carbocycles. The molecule has 0 aliphatic heterocycles. The molecule has 0 fully saturated rings. The van der Waals surface area contributed by atoms with Crippen molar-refractivity contribution in [2.24, 2.45) is 5.73 Å². The molecule has 3 aromatic rings. The number of hydrogen-bond donors (Lipinski definition) is 2. The summed E-state index contributed by atoms with van der Waals surface area (Å²) in [5, 5.41) is 2.22. The molecule has 15 heavy (non-hydrogen) atoms. The molecule has 0 amide bonds. The van der Waals surface area contributed by atoms with Gasteiger partial charge < -0.3 is 10.7 Å². The molecule has 3 rings (SSSR count). The molecule has 0 unspecified atom stereocenters. The van der Waals surface area contributed by atoms with Crippen LogP contribution in [0.15, 0.2) is 30.7 Å². The maximum absolute atomic E-state index is 5.70. The van der Waals surface area contributed by atoms with E-state index >= 15 is 0 Å². The normalized spacial score (nSPS) is 11.3. The minimum atomic E-state index is 0.476. The number of nitrogens with two attached hydrogens (primary N) is 1. The van der Waals surface area contributed by atoms with E-state index < -0.39 is 0 Å².